The first kappa shape index (κ1) is 18.4. The first-order valence-corrected chi connectivity index (χ1v) is 8.78. The van der Waals surface area contributed by atoms with E-state index in [1.165, 1.54) is 11.1 Å². The molecule has 130 valence electrons. The van der Waals surface area contributed by atoms with Crippen molar-refractivity contribution in [2.45, 2.75) is 52.6 Å². The maximum atomic E-state index is 12.1. The molecule has 1 heterocycles. The van der Waals surface area contributed by atoms with Crippen molar-refractivity contribution in [3.05, 3.63) is 47.2 Å². The second-order valence-corrected chi connectivity index (χ2v) is 7.59. The fraction of sp³-hybridized carbons (Fsp3) is 0.524. The van der Waals surface area contributed by atoms with Gasteiger partial charge in [0.25, 0.3) is 0 Å². The molecule has 24 heavy (non-hydrogen) atoms. The molecular formula is C21H29NO2. The van der Waals surface area contributed by atoms with Gasteiger partial charge in [-0.3, -0.25) is 0 Å². The Balaban J connectivity index is 1.82. The van der Waals surface area contributed by atoms with Gasteiger partial charge in [0.1, 0.15) is 5.60 Å². The van der Waals surface area contributed by atoms with Crippen LogP contribution in [0.25, 0.3) is 6.08 Å². The van der Waals surface area contributed by atoms with E-state index >= 15 is 0 Å². The molecule has 0 atom stereocenters. The Morgan fingerprint density at radius 3 is 2.46 bits per heavy atom. The topological polar surface area (TPSA) is 29.5 Å². The molecule has 0 aromatic heterocycles. The summed E-state index contributed by atoms with van der Waals surface area (Å²) in [5, 5.41) is 0. The minimum Gasteiger partial charge on any atom is -0.444 e. The van der Waals surface area contributed by atoms with Crippen molar-refractivity contribution in [1.82, 2.24) is 4.90 Å². The summed E-state index contributed by atoms with van der Waals surface area (Å²) in [6, 6.07) is 10.3. The Bertz CT molecular complexity index is 598. The predicted octanol–water partition coefficient (Wildman–Crippen LogP) is 5.28. The number of amides is 1. The summed E-state index contributed by atoms with van der Waals surface area (Å²) in [5.41, 5.74) is 5.43. The normalized spacial score (nSPS) is 15.6. The van der Waals surface area contributed by atoms with Crippen LogP contribution in [0.5, 0.6) is 0 Å². The van der Waals surface area contributed by atoms with Crippen molar-refractivity contribution in [2.24, 2.45) is 5.92 Å². The summed E-state index contributed by atoms with van der Waals surface area (Å²) >= 11 is 0. The van der Waals surface area contributed by atoms with E-state index < -0.39 is 5.60 Å². The average Bonchev–Trinajstić information content (AvgIpc) is 2.53. The SMILES string of the molecule is CC(=C=Cc1ccccc1)CC1CCN(C(=O)OC(C)(C)C)CC1. The van der Waals surface area contributed by atoms with Crippen LogP contribution in [0.4, 0.5) is 4.79 Å². The number of likely N-dealkylation sites (tertiary alicyclic amines) is 1. The van der Waals surface area contributed by atoms with E-state index in [1.54, 1.807) is 0 Å². The molecule has 0 saturated carbocycles. The van der Waals surface area contributed by atoms with E-state index in [4.69, 9.17) is 4.74 Å². The number of piperidine rings is 1. The molecule has 0 spiro atoms. The molecule has 0 radical (unpaired) electrons. The van der Waals surface area contributed by atoms with Crippen LogP contribution in [0, 0.1) is 5.92 Å². The lowest BCUT2D eigenvalue weighted by molar-refractivity contribution is 0.0184. The summed E-state index contributed by atoms with van der Waals surface area (Å²) in [7, 11) is 0. The highest BCUT2D eigenvalue weighted by molar-refractivity contribution is 5.68. The smallest absolute Gasteiger partial charge is 0.410 e. The van der Waals surface area contributed by atoms with Crippen molar-refractivity contribution in [2.75, 3.05) is 13.1 Å². The number of hydrogen-bond acceptors (Lipinski definition) is 2. The van der Waals surface area contributed by atoms with Crippen molar-refractivity contribution >= 4 is 12.2 Å². The van der Waals surface area contributed by atoms with E-state index in [9.17, 15) is 4.79 Å². The van der Waals surface area contributed by atoms with Gasteiger partial charge in [0.2, 0.25) is 0 Å². The van der Waals surface area contributed by atoms with Gasteiger partial charge in [0, 0.05) is 13.1 Å². The van der Waals surface area contributed by atoms with Crippen molar-refractivity contribution in [3.63, 3.8) is 0 Å². The zero-order valence-corrected chi connectivity index (χ0v) is 15.3. The monoisotopic (exact) mass is 327 g/mol. The zero-order chi connectivity index (χ0) is 17.6. The third-order valence-corrected chi connectivity index (χ3v) is 4.15. The van der Waals surface area contributed by atoms with E-state index in [0.717, 1.165) is 32.4 Å². The molecule has 0 N–H and O–H groups in total. The fourth-order valence-electron chi connectivity index (χ4n) is 2.89. The van der Waals surface area contributed by atoms with Crippen molar-refractivity contribution < 1.29 is 9.53 Å². The molecule has 3 heteroatoms. The number of nitrogens with zero attached hydrogens (tertiary/aromatic N) is 1. The summed E-state index contributed by atoms with van der Waals surface area (Å²) in [4.78, 5) is 13.9. The molecule has 1 aromatic rings. The van der Waals surface area contributed by atoms with Crippen LogP contribution in [-0.4, -0.2) is 29.7 Å². The van der Waals surface area contributed by atoms with Gasteiger partial charge in [0.05, 0.1) is 0 Å². The van der Waals surface area contributed by atoms with Crippen LogP contribution < -0.4 is 0 Å². The highest BCUT2D eigenvalue weighted by Gasteiger charge is 2.26. The molecule has 1 saturated heterocycles. The molecule has 2 rings (SSSR count). The van der Waals surface area contributed by atoms with Gasteiger partial charge in [-0.05, 0) is 70.1 Å². The second-order valence-electron chi connectivity index (χ2n) is 7.59. The second kappa shape index (κ2) is 8.21. The third-order valence-electron chi connectivity index (χ3n) is 4.15. The van der Waals surface area contributed by atoms with Crippen LogP contribution in [0.2, 0.25) is 0 Å². The molecule has 1 aromatic carbocycles. The largest absolute Gasteiger partial charge is 0.444 e. The number of benzene rings is 1. The number of allylic oxidation sites excluding steroid dienone is 1. The number of ether oxygens (including phenoxy) is 1. The molecule has 3 nitrogen and oxygen atoms in total. The number of carbonyl (C=O) groups excluding carboxylic acids is 1. The van der Waals surface area contributed by atoms with Gasteiger partial charge in [-0.15, -0.1) is 5.73 Å². The summed E-state index contributed by atoms with van der Waals surface area (Å²) in [6.07, 6.45) is 4.97. The lowest BCUT2D eigenvalue weighted by Crippen LogP contribution is -2.41. The molecule has 1 aliphatic heterocycles. The molecule has 1 amide bonds. The molecule has 0 unspecified atom stereocenters. The predicted molar refractivity (Wildman–Crippen MR) is 98.8 cm³/mol. The number of hydrogen-bond donors (Lipinski definition) is 0. The van der Waals surface area contributed by atoms with E-state index in [1.807, 2.05) is 49.9 Å². The van der Waals surface area contributed by atoms with Crippen LogP contribution in [0.3, 0.4) is 0 Å². The highest BCUT2D eigenvalue weighted by Crippen LogP contribution is 2.24. The minimum absolute atomic E-state index is 0.183. The zero-order valence-electron chi connectivity index (χ0n) is 15.3. The Kier molecular flexibility index (Phi) is 6.28. The Morgan fingerprint density at radius 2 is 1.88 bits per heavy atom. The molecular weight excluding hydrogens is 298 g/mol. The van der Waals surface area contributed by atoms with Crippen LogP contribution in [-0.2, 0) is 4.74 Å². The minimum atomic E-state index is -0.421. The lowest BCUT2D eigenvalue weighted by atomic mass is 9.91. The molecule has 0 aliphatic carbocycles. The van der Waals surface area contributed by atoms with E-state index in [0.29, 0.717) is 5.92 Å². The highest BCUT2D eigenvalue weighted by atomic mass is 16.6. The number of carbonyl (C=O) groups is 1. The van der Waals surface area contributed by atoms with E-state index in [-0.39, 0.29) is 6.09 Å². The standard InChI is InChI=1S/C21H29NO2/c1-17(10-11-18-8-6-5-7-9-18)16-19-12-14-22(15-13-19)20(23)24-21(2,3)4/h5-9,11,19H,12-16H2,1-4H3. The summed E-state index contributed by atoms with van der Waals surface area (Å²) in [6.45, 7) is 9.44. The average molecular weight is 327 g/mol. The lowest BCUT2D eigenvalue weighted by Gasteiger charge is -2.33. The number of rotatable bonds is 3. The maximum absolute atomic E-state index is 12.1. The van der Waals surface area contributed by atoms with Crippen LogP contribution in [0.1, 0.15) is 52.5 Å². The molecule has 1 fully saturated rings. The van der Waals surface area contributed by atoms with Gasteiger partial charge in [-0.1, -0.05) is 30.3 Å². The molecule has 0 bridgehead atoms. The Hall–Kier alpha value is -1.99. The van der Waals surface area contributed by atoms with Crippen molar-refractivity contribution in [3.8, 4) is 0 Å². The first-order chi connectivity index (χ1) is 11.3. The maximum Gasteiger partial charge on any atom is 0.410 e. The summed E-state index contributed by atoms with van der Waals surface area (Å²) < 4.78 is 5.45. The third kappa shape index (κ3) is 6.25. The van der Waals surface area contributed by atoms with Gasteiger partial charge in [0.15, 0.2) is 0 Å². The fourth-order valence-corrected chi connectivity index (χ4v) is 2.89. The van der Waals surface area contributed by atoms with Gasteiger partial charge < -0.3 is 9.64 Å². The van der Waals surface area contributed by atoms with Gasteiger partial charge in [-0.25, -0.2) is 4.79 Å². The van der Waals surface area contributed by atoms with Gasteiger partial charge >= 0.3 is 6.09 Å². The molecule has 1 aliphatic rings. The Morgan fingerprint density at radius 1 is 1.25 bits per heavy atom. The quantitative estimate of drug-likeness (QED) is 0.707. The van der Waals surface area contributed by atoms with E-state index in [2.05, 4.69) is 24.8 Å². The Labute approximate surface area is 146 Å². The van der Waals surface area contributed by atoms with Gasteiger partial charge in [-0.2, -0.15) is 0 Å². The first-order valence-electron chi connectivity index (χ1n) is 8.78. The summed E-state index contributed by atoms with van der Waals surface area (Å²) in [5.74, 6) is 0.625. The van der Waals surface area contributed by atoms with Crippen LogP contribution in [0.15, 0.2) is 41.6 Å². The van der Waals surface area contributed by atoms with Crippen molar-refractivity contribution in [1.29, 1.82) is 0 Å². The van der Waals surface area contributed by atoms with Crippen LogP contribution >= 0.6 is 0 Å².